The molecule has 5 nitrogen and oxygen atoms in total. The zero-order chi connectivity index (χ0) is 26.2. The van der Waals surface area contributed by atoms with E-state index in [9.17, 15) is 0 Å². The van der Waals surface area contributed by atoms with Gasteiger partial charge in [-0.15, -0.1) is 0 Å². The Morgan fingerprint density at radius 1 is 0.605 bits per heavy atom. The summed E-state index contributed by atoms with van der Waals surface area (Å²) in [6, 6.07) is 8.50. The maximum absolute atomic E-state index is 4.68. The predicted molar refractivity (Wildman–Crippen MR) is 160 cm³/mol. The maximum Gasteiger partial charge on any atom is 0.118 e. The number of hydrogen-bond donors (Lipinski definition) is 2. The van der Waals surface area contributed by atoms with E-state index in [0.29, 0.717) is 0 Å². The van der Waals surface area contributed by atoms with Crippen molar-refractivity contribution in [3.8, 4) is 33.4 Å². The molecule has 0 atom stereocenters. The lowest BCUT2D eigenvalue weighted by Gasteiger charge is -2.08. The number of nitrogens with one attached hydrogen (secondary N) is 2. The Balaban J connectivity index is 1.32. The smallest absolute Gasteiger partial charge is 0.118 e. The zero-order valence-corrected chi connectivity index (χ0v) is 22.1. The van der Waals surface area contributed by atoms with Gasteiger partial charge in [0.05, 0.1) is 10.1 Å². The molecule has 0 aromatic rings. The van der Waals surface area contributed by atoms with Crippen molar-refractivity contribution in [1.82, 2.24) is 24.9 Å². The van der Waals surface area contributed by atoms with Gasteiger partial charge in [0.2, 0.25) is 0 Å². The molecule has 2 N–H and O–H groups in total. The summed E-state index contributed by atoms with van der Waals surface area (Å²) in [6.45, 7) is 15.8. The Hall–Kier alpha value is -4.33. The first-order valence-corrected chi connectivity index (χ1v) is 13.5. The van der Waals surface area contributed by atoms with Crippen LogP contribution >= 0.6 is 23.5 Å². The first-order chi connectivity index (χ1) is 18.6. The molecule has 184 valence electrons. The third kappa shape index (κ3) is 4.06. The van der Waals surface area contributed by atoms with Crippen molar-refractivity contribution >= 4 is 47.8 Å². The van der Waals surface area contributed by atoms with Gasteiger partial charge in [-0.25, -0.2) is 9.97 Å². The van der Waals surface area contributed by atoms with Crippen LogP contribution in [-0.2, 0) is 0 Å². The molecule has 6 aliphatic rings. The van der Waals surface area contributed by atoms with Crippen LogP contribution in [0.2, 0.25) is 0 Å². The highest BCUT2D eigenvalue weighted by Gasteiger charge is 2.20. The summed E-state index contributed by atoms with van der Waals surface area (Å²) < 4.78 is 0. The predicted octanol–water partition coefficient (Wildman–Crippen LogP) is 8.72. The van der Waals surface area contributed by atoms with E-state index in [1.54, 1.807) is 29.9 Å². The van der Waals surface area contributed by atoms with E-state index in [4.69, 9.17) is 0 Å². The minimum Gasteiger partial charge on any atom is -0.356 e. The average molecular weight is 530 g/mol. The van der Waals surface area contributed by atoms with Gasteiger partial charge in [-0.3, -0.25) is 4.98 Å². The molecular weight excluding hydrogens is 507 g/mol. The van der Waals surface area contributed by atoms with Crippen LogP contribution in [-0.4, -0.2) is 24.9 Å². The molecule has 2 aliphatic carbocycles. The van der Waals surface area contributed by atoms with Crippen LogP contribution < -0.4 is 0 Å². The molecule has 7 heteroatoms. The molecule has 6 rings (SSSR count). The molecular formula is C31H23N5S2. The van der Waals surface area contributed by atoms with Crippen molar-refractivity contribution in [2.24, 2.45) is 0 Å². The topological polar surface area (TPSA) is 70.2 Å². The SMILES string of the molecule is C=Cc1cc2cc(Sc3ncnc(Sc4cc5cc(C=C)c(C=C)c-5c[nH]4)c4cncc3-4)[nH]cc-2c1C=C. The highest BCUT2D eigenvalue weighted by atomic mass is 32.2. The summed E-state index contributed by atoms with van der Waals surface area (Å²) in [4.78, 5) is 20.6. The summed E-state index contributed by atoms with van der Waals surface area (Å²) in [5.74, 6) is 0. The Bertz CT molecular complexity index is 1630. The van der Waals surface area contributed by atoms with Gasteiger partial charge in [0.15, 0.2) is 0 Å². The van der Waals surface area contributed by atoms with Crippen LogP contribution in [0.5, 0.6) is 0 Å². The number of fused-ring (bicyclic) bond motifs is 3. The molecule has 0 aromatic carbocycles. The van der Waals surface area contributed by atoms with Crippen LogP contribution in [0.25, 0.3) is 57.7 Å². The molecule has 4 heterocycles. The molecule has 0 amide bonds. The van der Waals surface area contributed by atoms with Gasteiger partial charge in [-0.1, -0.05) is 74.1 Å². The second kappa shape index (κ2) is 9.85. The summed E-state index contributed by atoms with van der Waals surface area (Å²) in [5, 5.41) is 3.59. The highest BCUT2D eigenvalue weighted by Crippen LogP contribution is 2.42. The van der Waals surface area contributed by atoms with Crippen molar-refractivity contribution < 1.29 is 0 Å². The summed E-state index contributed by atoms with van der Waals surface area (Å²) in [7, 11) is 0. The van der Waals surface area contributed by atoms with Gasteiger partial charge in [0.1, 0.15) is 16.4 Å². The fourth-order valence-electron chi connectivity index (χ4n) is 4.70. The van der Waals surface area contributed by atoms with Crippen molar-refractivity contribution in [2.75, 3.05) is 0 Å². The van der Waals surface area contributed by atoms with Crippen molar-refractivity contribution in [3.63, 3.8) is 0 Å². The highest BCUT2D eigenvalue weighted by molar-refractivity contribution is 7.99. The Labute approximate surface area is 229 Å². The monoisotopic (exact) mass is 529 g/mol. The van der Waals surface area contributed by atoms with Crippen LogP contribution in [0, 0.1) is 0 Å². The van der Waals surface area contributed by atoms with Gasteiger partial charge in [-0.05, 0) is 57.6 Å². The normalized spacial score (nSPS) is 11.3. The number of H-pyrrole nitrogens is 2. The summed E-state index contributed by atoms with van der Waals surface area (Å²) in [6.07, 6.45) is 16.8. The Morgan fingerprint density at radius 2 is 1.08 bits per heavy atom. The third-order valence-electron chi connectivity index (χ3n) is 6.51. The Kier molecular flexibility index (Phi) is 6.23. The standard InChI is InChI=1S/C31H23N5S2/c1-5-18-9-20-11-28(33-15-24(20)22(18)7-3)37-30-26-13-32-14-27(26)31(36-17-35-30)38-29-12-21-10-19(6-2)23(8-4)25(21)16-34-29/h5-17,33-34H,1-4H2. The molecule has 38 heavy (non-hydrogen) atoms. The van der Waals surface area contributed by atoms with E-state index in [2.05, 4.69) is 75.5 Å². The van der Waals surface area contributed by atoms with Crippen LogP contribution in [0.3, 0.4) is 0 Å². The third-order valence-corrected chi connectivity index (χ3v) is 8.46. The van der Waals surface area contributed by atoms with Gasteiger partial charge >= 0.3 is 0 Å². The zero-order valence-electron chi connectivity index (χ0n) is 20.5. The van der Waals surface area contributed by atoms with Crippen LogP contribution in [0.4, 0.5) is 0 Å². The number of hydrogen-bond acceptors (Lipinski definition) is 5. The molecule has 0 spiro atoms. The van der Waals surface area contributed by atoms with Gasteiger partial charge < -0.3 is 9.97 Å². The quantitative estimate of drug-likeness (QED) is 0.206. The molecule has 0 saturated carbocycles. The van der Waals surface area contributed by atoms with Crippen molar-refractivity contribution in [2.45, 2.75) is 20.1 Å². The lowest BCUT2D eigenvalue weighted by Crippen LogP contribution is -1.87. The van der Waals surface area contributed by atoms with E-state index in [1.165, 1.54) is 0 Å². The first-order valence-electron chi connectivity index (χ1n) is 11.9. The van der Waals surface area contributed by atoms with Crippen molar-refractivity contribution in [3.05, 3.63) is 104 Å². The van der Waals surface area contributed by atoms with E-state index in [1.807, 2.05) is 49.1 Å². The number of rotatable bonds is 8. The molecule has 0 bridgehead atoms. The number of aromatic amines is 2. The average Bonchev–Trinajstić information content (AvgIpc) is 3.63. The first kappa shape index (κ1) is 24.0. The minimum atomic E-state index is 0.827. The Morgan fingerprint density at radius 3 is 1.50 bits per heavy atom. The molecule has 0 aromatic heterocycles. The lowest BCUT2D eigenvalue weighted by atomic mass is 10.1. The fourth-order valence-corrected chi connectivity index (χ4v) is 6.47. The number of aromatic nitrogens is 5. The van der Waals surface area contributed by atoms with Gasteiger partial charge in [-0.2, -0.15) is 0 Å². The number of pyridine rings is 2. The van der Waals surface area contributed by atoms with E-state index in [-0.39, 0.29) is 0 Å². The van der Waals surface area contributed by atoms with E-state index >= 15 is 0 Å². The largest absolute Gasteiger partial charge is 0.356 e. The second-order valence-corrected chi connectivity index (χ2v) is 10.7. The number of nitrogens with zero attached hydrogens (tertiary/aromatic N) is 3. The van der Waals surface area contributed by atoms with E-state index < -0.39 is 0 Å². The maximum atomic E-state index is 4.68. The fraction of sp³-hybridized carbons (Fsp3) is 0. The molecule has 0 radical (unpaired) electrons. The summed E-state index contributed by atoms with van der Waals surface area (Å²) >= 11 is 3.10. The molecule has 0 saturated heterocycles. The summed E-state index contributed by atoms with van der Waals surface area (Å²) in [5.41, 5.74) is 10.7. The van der Waals surface area contributed by atoms with Gasteiger partial charge in [0, 0.05) is 47.0 Å². The van der Waals surface area contributed by atoms with Crippen LogP contribution in [0.15, 0.2) is 102 Å². The lowest BCUT2D eigenvalue weighted by molar-refractivity contribution is 1.05. The second-order valence-electron chi connectivity index (χ2n) is 8.60. The van der Waals surface area contributed by atoms with E-state index in [0.717, 1.165) is 75.7 Å². The van der Waals surface area contributed by atoms with Crippen molar-refractivity contribution in [1.29, 1.82) is 0 Å². The minimum absolute atomic E-state index is 0.827. The van der Waals surface area contributed by atoms with Gasteiger partial charge in [0.25, 0.3) is 0 Å². The molecule has 4 aliphatic heterocycles. The molecule has 0 fully saturated rings. The van der Waals surface area contributed by atoms with Crippen LogP contribution in [0.1, 0.15) is 22.3 Å². The molecule has 0 unspecified atom stereocenters.